The van der Waals surface area contributed by atoms with E-state index in [1.54, 1.807) is 12.1 Å². The fraction of sp³-hybridized carbons (Fsp3) is 0.100. The van der Waals surface area contributed by atoms with Crippen molar-refractivity contribution < 1.29 is 51.2 Å². The molecule has 0 amide bonds. The maximum Gasteiger partial charge on any atom is 0.268 e. The number of imidazole rings is 1. The van der Waals surface area contributed by atoms with Gasteiger partial charge in [0.25, 0.3) is 6.33 Å². The molecule has 0 N–H and O–H groups in total. The van der Waals surface area contributed by atoms with E-state index in [-0.39, 0.29) is 59.9 Å². The minimum Gasteiger partial charge on any atom is -0.510 e. The summed E-state index contributed by atoms with van der Waals surface area (Å²) in [4.78, 5) is 4.89. The second-order valence-electron chi connectivity index (χ2n) is 23.0. The van der Waals surface area contributed by atoms with Crippen LogP contribution in [-0.4, -0.2) is 14.1 Å². The Balaban J connectivity index is 0.00000798. The van der Waals surface area contributed by atoms with Gasteiger partial charge in [0, 0.05) is 71.5 Å². The summed E-state index contributed by atoms with van der Waals surface area (Å²) in [5, 5.41) is 3.59. The third-order valence-electron chi connectivity index (χ3n) is 16.8. The van der Waals surface area contributed by atoms with E-state index >= 15 is 0 Å². The van der Waals surface area contributed by atoms with E-state index in [9.17, 15) is 0 Å². The molecule has 0 unspecified atom stereocenters. The molecule has 0 saturated heterocycles. The number of aryl methyl sites for hydroxylation is 4. The van der Waals surface area contributed by atoms with Gasteiger partial charge in [-0.15, -0.1) is 29.7 Å². The number of aromatic nitrogens is 4. The van der Waals surface area contributed by atoms with Crippen LogP contribution in [0.4, 0.5) is 0 Å². The molecule has 15 aromatic rings. The van der Waals surface area contributed by atoms with E-state index in [1.807, 2.05) is 167 Å². The maximum absolute atomic E-state index is 8.97. The third kappa shape index (κ3) is 8.79. The van der Waals surface area contributed by atoms with Crippen LogP contribution >= 0.6 is 0 Å². The smallest absolute Gasteiger partial charge is 0.268 e. The van der Waals surface area contributed by atoms with E-state index in [4.69, 9.17) is 30.6 Å². The quantitative estimate of drug-likeness (QED) is 0.118. The predicted molar refractivity (Wildman–Crippen MR) is 351 cm³/mol. The van der Waals surface area contributed by atoms with Crippen LogP contribution in [0.1, 0.15) is 65.0 Å². The zero-order chi connectivity index (χ0) is 68.1. The fourth-order valence-electron chi connectivity index (χ4n) is 12.8. The maximum atomic E-state index is 8.97. The van der Waals surface area contributed by atoms with Crippen LogP contribution in [0.5, 0.6) is 11.5 Å². The summed E-state index contributed by atoms with van der Waals surface area (Å²) >= 11 is 0. The molecule has 6 nitrogen and oxygen atoms in total. The van der Waals surface area contributed by atoms with Crippen LogP contribution in [0.25, 0.3) is 139 Å². The van der Waals surface area contributed by atoms with Gasteiger partial charge in [-0.05, 0) is 193 Å². The molecule has 422 valence electrons. The average molecular weight is 1310 g/mol. The van der Waals surface area contributed by atoms with Crippen molar-refractivity contribution in [3.63, 3.8) is 0 Å². The second kappa shape index (κ2) is 20.7. The Morgan fingerprint density at radius 2 is 1.08 bits per heavy atom. The largest absolute Gasteiger partial charge is 0.510 e. The van der Waals surface area contributed by atoms with Crippen molar-refractivity contribution in [2.75, 3.05) is 0 Å². The number of rotatable bonds is 7. The fourth-order valence-corrected chi connectivity index (χ4v) is 12.8. The molecule has 87 heavy (non-hydrogen) atoms. The van der Waals surface area contributed by atoms with Crippen molar-refractivity contribution >= 4 is 54.8 Å². The van der Waals surface area contributed by atoms with E-state index in [0.717, 1.165) is 55.1 Å². The number of para-hydroxylation sites is 2. The van der Waals surface area contributed by atoms with Gasteiger partial charge < -0.3 is 18.3 Å². The Morgan fingerprint density at radius 1 is 0.483 bits per heavy atom. The van der Waals surface area contributed by atoms with Crippen LogP contribution in [-0.2, 0) is 26.5 Å². The van der Waals surface area contributed by atoms with Crippen molar-refractivity contribution in [3.8, 4) is 95.5 Å². The monoisotopic (exact) mass is 1310 g/mol. The topological polar surface area (TPSA) is 49.0 Å². The average Bonchev–Trinajstić information content (AvgIpc) is 1.61. The van der Waals surface area contributed by atoms with Gasteiger partial charge >= 0.3 is 0 Å². The molecule has 0 saturated carbocycles. The van der Waals surface area contributed by atoms with Crippen LogP contribution in [0.15, 0.2) is 229 Å². The molecular weight excluding hydrogens is 1240 g/mol. The van der Waals surface area contributed by atoms with E-state index in [1.165, 1.54) is 36.4 Å². The van der Waals surface area contributed by atoms with Gasteiger partial charge in [0.1, 0.15) is 17.0 Å². The predicted octanol–water partition coefficient (Wildman–Crippen LogP) is 20.3. The first kappa shape index (κ1) is 42.0. The Bertz CT molecular complexity index is 5740. The Hall–Kier alpha value is -9.87. The first-order chi connectivity index (χ1) is 46.8. The minimum absolute atomic E-state index is 0. The molecule has 0 atom stereocenters. The molecule has 0 radical (unpaired) electrons. The molecule has 16 rings (SSSR count). The first-order valence-corrected chi connectivity index (χ1v) is 28.5. The Morgan fingerprint density at radius 3 is 1.79 bits per heavy atom. The summed E-state index contributed by atoms with van der Waals surface area (Å²) < 4.78 is 127. The van der Waals surface area contributed by atoms with Crippen LogP contribution in [0.3, 0.4) is 0 Å². The van der Waals surface area contributed by atoms with Crippen molar-refractivity contribution in [1.82, 2.24) is 14.1 Å². The molecule has 1 aliphatic rings. The van der Waals surface area contributed by atoms with Gasteiger partial charge in [0.2, 0.25) is 0 Å². The minimum atomic E-state index is -2.77. The van der Waals surface area contributed by atoms with Gasteiger partial charge in [-0.3, -0.25) is 4.57 Å². The van der Waals surface area contributed by atoms with Gasteiger partial charge in [-0.25, -0.2) is 4.98 Å². The number of benzene rings is 11. The number of nitrogens with zero attached hydrogens (tertiary/aromatic N) is 4. The molecule has 0 spiro atoms. The molecule has 0 bridgehead atoms. The number of pyridine rings is 1. The molecule has 11 aromatic carbocycles. The van der Waals surface area contributed by atoms with Gasteiger partial charge in [-0.1, -0.05) is 160 Å². The molecule has 1 aliphatic heterocycles. The summed E-state index contributed by atoms with van der Waals surface area (Å²) in [5.74, 6) is 1.41. The summed E-state index contributed by atoms with van der Waals surface area (Å²) in [5.41, 5.74) is 11.2. The van der Waals surface area contributed by atoms with Gasteiger partial charge in [-0.2, -0.15) is 18.2 Å². The van der Waals surface area contributed by atoms with Gasteiger partial charge in [0.05, 0.1) is 16.7 Å². The number of furan rings is 1. The zero-order valence-electron chi connectivity index (χ0n) is 59.3. The van der Waals surface area contributed by atoms with Crippen molar-refractivity contribution in [2.45, 2.75) is 53.6 Å². The van der Waals surface area contributed by atoms with E-state index in [2.05, 4.69) is 62.0 Å². The van der Waals surface area contributed by atoms with E-state index < -0.39 is 27.4 Å². The number of hydrogen-bond acceptors (Lipinski definition) is 3. The zero-order valence-corrected chi connectivity index (χ0v) is 49.6. The molecule has 0 fully saturated rings. The molecule has 5 heterocycles. The first-order valence-electron chi connectivity index (χ1n) is 34.5. The van der Waals surface area contributed by atoms with Gasteiger partial charge in [0.15, 0.2) is 0 Å². The third-order valence-corrected chi connectivity index (χ3v) is 16.8. The van der Waals surface area contributed by atoms with E-state index in [0.29, 0.717) is 89.6 Å². The van der Waals surface area contributed by atoms with Crippen molar-refractivity contribution in [3.05, 3.63) is 271 Å². The summed E-state index contributed by atoms with van der Waals surface area (Å²) in [6.07, 6.45) is 5.64. The molecule has 0 aliphatic carbocycles. The van der Waals surface area contributed by atoms with Crippen LogP contribution in [0.2, 0.25) is 0 Å². The van der Waals surface area contributed by atoms with Crippen molar-refractivity contribution in [1.29, 1.82) is 0 Å². The van der Waals surface area contributed by atoms with Crippen LogP contribution in [0, 0.1) is 45.9 Å². The standard InChI is InChI=1S/C80H58N4O2.Pt/c1-48-19-16-20-49(2)76(48)53-40-66(52-33-36-74-67(39-52)65-30-13-15-32-73(65)86-74)78-68(41-53)61-27-10-8-25-59(61)60-26-9-11-28-62(60)69-42-54(77-50(3)21-17-22-51(77)4)43-72-79(69)83(78)47-82(72)56-23-18-24-57(45-56)85-58-34-35-64-63-29-12-14-31-70(63)84(71(64)46-58)75-44-55(37-38-81-75)80(5,6)7;/h8-44H,1-7H3;/q-2;/i1D3,2D3,3D3,4D3;. The number of ether oxygens (including phenoxy) is 1. The number of fused-ring (bicyclic) bond motifs is 13. The summed E-state index contributed by atoms with van der Waals surface area (Å²) in [6.45, 7) is -4.57. The van der Waals surface area contributed by atoms with Crippen LogP contribution < -0.4 is 9.30 Å². The number of hydrogen-bond donors (Lipinski definition) is 0. The molecule has 4 aromatic heterocycles. The second-order valence-corrected chi connectivity index (χ2v) is 23.0. The summed E-state index contributed by atoms with van der Waals surface area (Å²) in [7, 11) is 0. The van der Waals surface area contributed by atoms with Crippen molar-refractivity contribution in [2.24, 2.45) is 0 Å². The SMILES string of the molecule is [2H]C([2H])([2H])c1cccc(C([2H])([2H])[2H])c1-c1cc(-c2ccc3oc4ccccc4c3c2)c2c(c1)-c1ccccc1-c1ccccc1-c1cc(-c3c(C([2H])([2H])[2H])cccc3C([2H])([2H])[2H])cc3c1[n+]-2[c-]n3-c1[c-]c(Oc2[c-]c3c(cc2)c2ccccc2n3-c2cc(C(C)(C)C)ccn2)ccc1.[Pt]. The summed E-state index contributed by atoms with van der Waals surface area (Å²) in [6, 6.07) is 74.2. The Labute approximate surface area is 537 Å². The normalized spacial score (nSPS) is 14.6. The Kier molecular flexibility index (Phi) is 9.99. The molecule has 7 heteroatoms. The molecular formula is C80H58N4O2Pt-2.